The first-order chi connectivity index (χ1) is 15.0. The van der Waals surface area contributed by atoms with Crippen molar-refractivity contribution in [1.29, 1.82) is 0 Å². The van der Waals surface area contributed by atoms with E-state index in [0.717, 1.165) is 10.2 Å². The zero-order chi connectivity index (χ0) is 22.4. The van der Waals surface area contributed by atoms with Crippen LogP contribution in [0.25, 0.3) is 16.3 Å². The molecule has 2 aromatic carbocycles. The van der Waals surface area contributed by atoms with E-state index < -0.39 is 11.9 Å². The molecule has 0 saturated heterocycles. The number of benzene rings is 2. The molecule has 0 fully saturated rings. The van der Waals surface area contributed by atoms with Gasteiger partial charge in [0, 0.05) is 6.08 Å². The molecule has 3 rings (SSSR count). The minimum Gasteiger partial charge on any atom is -0.493 e. The third-order valence-corrected chi connectivity index (χ3v) is 5.47. The lowest BCUT2D eigenvalue weighted by Crippen LogP contribution is -2.22. The maximum Gasteiger partial charge on any atom is 0.325 e. The number of rotatable bonds is 7. The van der Waals surface area contributed by atoms with Crippen molar-refractivity contribution in [2.45, 2.75) is 6.54 Å². The molecule has 0 radical (unpaired) electrons. The summed E-state index contributed by atoms with van der Waals surface area (Å²) in [6, 6.07) is 11.0. The highest BCUT2D eigenvalue weighted by Gasteiger charge is 2.13. The van der Waals surface area contributed by atoms with Gasteiger partial charge in [-0.05, 0) is 35.9 Å². The Bertz CT molecular complexity index is 1180. The number of aromatic nitrogens is 1. The number of para-hydroxylation sites is 1. The van der Waals surface area contributed by atoms with E-state index in [0.29, 0.717) is 27.6 Å². The molecule has 8 nitrogen and oxygen atoms in total. The Labute approximate surface area is 183 Å². The summed E-state index contributed by atoms with van der Waals surface area (Å²) in [7, 11) is 5.88. The molecule has 31 heavy (non-hydrogen) atoms. The molecule has 0 unspecified atom stereocenters. The topological polar surface area (TPSA) is 88.4 Å². The van der Waals surface area contributed by atoms with Gasteiger partial charge in [-0.2, -0.15) is 4.99 Å². The SMILES string of the molecule is COC(=O)Cn1c(=NC(=O)/C=C\c2cc(OC)c(OC)c(OC)c2)sc2ccccc21. The van der Waals surface area contributed by atoms with Crippen molar-refractivity contribution in [3.63, 3.8) is 0 Å². The van der Waals surface area contributed by atoms with Crippen LogP contribution in [0.15, 0.2) is 47.5 Å². The van der Waals surface area contributed by atoms with E-state index in [1.807, 2.05) is 24.3 Å². The maximum atomic E-state index is 12.5. The highest BCUT2D eigenvalue weighted by molar-refractivity contribution is 7.16. The van der Waals surface area contributed by atoms with Crippen LogP contribution in [0.3, 0.4) is 0 Å². The van der Waals surface area contributed by atoms with Gasteiger partial charge < -0.3 is 23.5 Å². The van der Waals surface area contributed by atoms with Gasteiger partial charge in [-0.15, -0.1) is 0 Å². The number of esters is 1. The lowest BCUT2D eigenvalue weighted by molar-refractivity contribution is -0.141. The van der Waals surface area contributed by atoms with Crippen molar-refractivity contribution in [3.05, 3.63) is 52.8 Å². The largest absolute Gasteiger partial charge is 0.493 e. The fourth-order valence-electron chi connectivity index (χ4n) is 2.95. The molecule has 1 heterocycles. The van der Waals surface area contributed by atoms with Gasteiger partial charge in [0.25, 0.3) is 5.91 Å². The quantitative estimate of drug-likeness (QED) is 0.413. The van der Waals surface area contributed by atoms with Gasteiger partial charge in [-0.1, -0.05) is 23.5 Å². The van der Waals surface area contributed by atoms with Crippen molar-refractivity contribution in [2.24, 2.45) is 4.99 Å². The summed E-state index contributed by atoms with van der Waals surface area (Å²) in [5.41, 5.74) is 1.48. The number of methoxy groups -OCH3 is 4. The maximum absolute atomic E-state index is 12.5. The van der Waals surface area contributed by atoms with Gasteiger partial charge in [0.05, 0.1) is 38.7 Å². The summed E-state index contributed by atoms with van der Waals surface area (Å²) in [5.74, 6) is 0.522. The summed E-state index contributed by atoms with van der Waals surface area (Å²) >= 11 is 1.32. The standard InChI is InChI=1S/C22H22N2O6S/c1-27-16-11-14(12-17(28-2)21(16)30-4)9-10-19(25)23-22-24(13-20(26)29-3)15-7-5-6-8-18(15)31-22/h5-12H,13H2,1-4H3/b10-9-,23-22?. The van der Waals surface area contributed by atoms with E-state index in [9.17, 15) is 9.59 Å². The predicted molar refractivity (Wildman–Crippen MR) is 118 cm³/mol. The summed E-state index contributed by atoms with van der Waals surface area (Å²) in [5, 5.41) is 0. The van der Waals surface area contributed by atoms with Gasteiger partial charge in [0.1, 0.15) is 6.54 Å². The van der Waals surface area contributed by atoms with Crippen molar-refractivity contribution in [3.8, 4) is 17.2 Å². The fourth-order valence-corrected chi connectivity index (χ4v) is 3.98. The van der Waals surface area contributed by atoms with Crippen molar-refractivity contribution < 1.29 is 28.5 Å². The van der Waals surface area contributed by atoms with Gasteiger partial charge in [0.2, 0.25) is 5.75 Å². The van der Waals surface area contributed by atoms with Crippen LogP contribution in [0.5, 0.6) is 17.2 Å². The molecule has 0 aliphatic heterocycles. The number of hydrogen-bond donors (Lipinski definition) is 0. The number of carbonyl (C=O) groups is 2. The molecule has 0 aliphatic rings. The lowest BCUT2D eigenvalue weighted by Gasteiger charge is -2.12. The molecule has 0 bridgehead atoms. The number of hydrogen-bond acceptors (Lipinski definition) is 7. The molecule has 0 aliphatic carbocycles. The second-order valence-electron chi connectivity index (χ2n) is 6.26. The Morgan fingerprint density at radius 3 is 2.32 bits per heavy atom. The first-order valence-electron chi connectivity index (χ1n) is 9.22. The number of amides is 1. The van der Waals surface area contributed by atoms with Crippen LogP contribution in [0.2, 0.25) is 0 Å². The molecular formula is C22H22N2O6S. The van der Waals surface area contributed by atoms with Crippen LogP contribution in [0.4, 0.5) is 0 Å². The number of fused-ring (bicyclic) bond motifs is 1. The van der Waals surface area contributed by atoms with Crippen LogP contribution in [0, 0.1) is 0 Å². The predicted octanol–water partition coefficient (Wildman–Crippen LogP) is 3.04. The van der Waals surface area contributed by atoms with Gasteiger partial charge in [0.15, 0.2) is 16.3 Å². The summed E-state index contributed by atoms with van der Waals surface area (Å²) in [6.07, 6.45) is 2.95. The average molecular weight is 442 g/mol. The third kappa shape index (κ3) is 4.95. The molecule has 9 heteroatoms. The molecule has 0 atom stereocenters. The first kappa shape index (κ1) is 22.1. The number of ether oxygens (including phenoxy) is 4. The molecular weight excluding hydrogens is 420 g/mol. The normalized spacial score (nSPS) is 11.7. The Hall–Kier alpha value is -3.59. The van der Waals surface area contributed by atoms with Crippen LogP contribution >= 0.6 is 11.3 Å². The summed E-state index contributed by atoms with van der Waals surface area (Å²) in [4.78, 5) is 29.0. The zero-order valence-corrected chi connectivity index (χ0v) is 18.4. The molecule has 0 spiro atoms. The van der Waals surface area contributed by atoms with Crippen molar-refractivity contribution in [1.82, 2.24) is 4.57 Å². The third-order valence-electron chi connectivity index (χ3n) is 4.41. The number of carbonyl (C=O) groups excluding carboxylic acids is 2. The Morgan fingerprint density at radius 1 is 1.03 bits per heavy atom. The average Bonchev–Trinajstić information content (AvgIpc) is 3.13. The molecule has 0 N–H and O–H groups in total. The van der Waals surface area contributed by atoms with E-state index in [1.165, 1.54) is 45.9 Å². The smallest absolute Gasteiger partial charge is 0.325 e. The number of thiazole rings is 1. The molecule has 1 amide bonds. The zero-order valence-electron chi connectivity index (χ0n) is 17.6. The van der Waals surface area contributed by atoms with Gasteiger partial charge >= 0.3 is 5.97 Å². The van der Waals surface area contributed by atoms with Gasteiger partial charge in [-0.3, -0.25) is 9.59 Å². The summed E-state index contributed by atoms with van der Waals surface area (Å²) < 4.78 is 23.3. The summed E-state index contributed by atoms with van der Waals surface area (Å²) in [6.45, 7) is -0.0385. The molecule has 0 saturated carbocycles. The van der Waals surface area contributed by atoms with E-state index in [1.54, 1.807) is 22.8 Å². The van der Waals surface area contributed by atoms with E-state index >= 15 is 0 Å². The van der Waals surface area contributed by atoms with Crippen LogP contribution in [0.1, 0.15) is 5.56 Å². The van der Waals surface area contributed by atoms with Crippen LogP contribution in [-0.4, -0.2) is 44.9 Å². The van der Waals surface area contributed by atoms with Crippen molar-refractivity contribution in [2.75, 3.05) is 28.4 Å². The minimum atomic E-state index is -0.473. The van der Waals surface area contributed by atoms with Crippen LogP contribution in [-0.2, 0) is 20.9 Å². The fraction of sp³-hybridized carbons (Fsp3) is 0.227. The second-order valence-corrected chi connectivity index (χ2v) is 7.27. The second kappa shape index (κ2) is 9.94. The Kier molecular flexibility index (Phi) is 7.09. The molecule has 1 aromatic heterocycles. The van der Waals surface area contributed by atoms with Crippen LogP contribution < -0.4 is 19.0 Å². The van der Waals surface area contributed by atoms with E-state index in [-0.39, 0.29) is 6.54 Å². The molecule has 162 valence electrons. The van der Waals surface area contributed by atoms with E-state index in [4.69, 9.17) is 18.9 Å². The lowest BCUT2D eigenvalue weighted by atomic mass is 10.1. The monoisotopic (exact) mass is 442 g/mol. The Morgan fingerprint density at radius 2 is 1.71 bits per heavy atom. The minimum absolute atomic E-state index is 0.0385. The Balaban J connectivity index is 1.96. The number of nitrogens with zero attached hydrogens (tertiary/aromatic N) is 2. The molecule has 3 aromatic rings. The van der Waals surface area contributed by atoms with E-state index in [2.05, 4.69) is 4.99 Å². The van der Waals surface area contributed by atoms with Crippen molar-refractivity contribution >= 4 is 39.5 Å². The highest BCUT2D eigenvalue weighted by Crippen LogP contribution is 2.38. The van der Waals surface area contributed by atoms with Gasteiger partial charge in [-0.25, -0.2) is 0 Å². The highest BCUT2D eigenvalue weighted by atomic mass is 32.1. The first-order valence-corrected chi connectivity index (χ1v) is 10.0.